The minimum Gasteiger partial charge on any atom is -0.480 e. The SMILES string of the molecule is O=C(O)CNC(=O)C1CCC(NC(=O)CC2CCCC2)CC1. The van der Waals surface area contributed by atoms with Crippen LogP contribution in [-0.2, 0) is 14.4 Å². The lowest BCUT2D eigenvalue weighted by Crippen LogP contribution is -2.42. The zero-order valence-corrected chi connectivity index (χ0v) is 13.0. The van der Waals surface area contributed by atoms with Crippen molar-refractivity contribution in [3.8, 4) is 0 Å². The van der Waals surface area contributed by atoms with Gasteiger partial charge in [-0.05, 0) is 44.4 Å². The number of hydrogen-bond donors (Lipinski definition) is 3. The minimum atomic E-state index is -1.03. The van der Waals surface area contributed by atoms with Crippen LogP contribution in [0.15, 0.2) is 0 Å². The molecule has 0 atom stereocenters. The van der Waals surface area contributed by atoms with Crippen LogP contribution in [0.25, 0.3) is 0 Å². The van der Waals surface area contributed by atoms with E-state index < -0.39 is 5.97 Å². The average Bonchev–Trinajstić information content (AvgIpc) is 2.98. The molecular weight excluding hydrogens is 284 g/mol. The van der Waals surface area contributed by atoms with E-state index in [2.05, 4.69) is 10.6 Å². The summed E-state index contributed by atoms with van der Waals surface area (Å²) in [6, 6.07) is 0.164. The smallest absolute Gasteiger partial charge is 0.322 e. The second-order valence-electron chi connectivity index (χ2n) is 6.58. The van der Waals surface area contributed by atoms with E-state index in [1.807, 2.05) is 0 Å². The van der Waals surface area contributed by atoms with Crippen LogP contribution in [0.3, 0.4) is 0 Å². The first-order valence-electron chi connectivity index (χ1n) is 8.33. The van der Waals surface area contributed by atoms with Crippen molar-refractivity contribution in [2.45, 2.75) is 63.8 Å². The summed E-state index contributed by atoms with van der Waals surface area (Å²) >= 11 is 0. The van der Waals surface area contributed by atoms with Crippen molar-refractivity contribution in [3.05, 3.63) is 0 Å². The second-order valence-corrected chi connectivity index (χ2v) is 6.58. The summed E-state index contributed by atoms with van der Waals surface area (Å²) in [5.41, 5.74) is 0. The molecule has 3 N–H and O–H groups in total. The van der Waals surface area contributed by atoms with Crippen LogP contribution in [0.2, 0.25) is 0 Å². The lowest BCUT2D eigenvalue weighted by molar-refractivity contribution is -0.138. The number of amides is 2. The highest BCUT2D eigenvalue weighted by Crippen LogP contribution is 2.28. The summed E-state index contributed by atoms with van der Waals surface area (Å²) in [7, 11) is 0. The Hall–Kier alpha value is -1.59. The Morgan fingerprint density at radius 2 is 1.59 bits per heavy atom. The molecule has 0 saturated heterocycles. The lowest BCUT2D eigenvalue weighted by Gasteiger charge is -2.28. The number of carbonyl (C=O) groups is 3. The van der Waals surface area contributed by atoms with Crippen LogP contribution >= 0.6 is 0 Å². The highest BCUT2D eigenvalue weighted by atomic mass is 16.4. The molecule has 2 amide bonds. The van der Waals surface area contributed by atoms with E-state index in [9.17, 15) is 14.4 Å². The van der Waals surface area contributed by atoms with Gasteiger partial charge in [-0.1, -0.05) is 12.8 Å². The van der Waals surface area contributed by atoms with Crippen molar-refractivity contribution in [1.29, 1.82) is 0 Å². The zero-order valence-electron chi connectivity index (χ0n) is 13.0. The van der Waals surface area contributed by atoms with Crippen molar-refractivity contribution in [1.82, 2.24) is 10.6 Å². The normalized spacial score (nSPS) is 25.6. The maximum absolute atomic E-state index is 12.0. The molecule has 0 aromatic carbocycles. The molecule has 2 aliphatic carbocycles. The molecule has 0 aromatic heterocycles. The van der Waals surface area contributed by atoms with Gasteiger partial charge in [-0.2, -0.15) is 0 Å². The average molecular weight is 310 g/mol. The molecule has 124 valence electrons. The largest absolute Gasteiger partial charge is 0.480 e. The van der Waals surface area contributed by atoms with E-state index >= 15 is 0 Å². The van der Waals surface area contributed by atoms with E-state index in [-0.39, 0.29) is 30.3 Å². The highest BCUT2D eigenvalue weighted by molar-refractivity contribution is 5.83. The second kappa shape index (κ2) is 8.15. The standard InChI is InChI=1S/C16H26N2O4/c19-14(9-11-3-1-2-4-11)18-13-7-5-12(6-8-13)16(22)17-10-15(20)21/h11-13H,1-10H2,(H,17,22)(H,18,19)(H,20,21). The summed E-state index contributed by atoms with van der Waals surface area (Å²) in [4.78, 5) is 34.2. The molecule has 0 aromatic rings. The molecule has 0 aliphatic heterocycles. The van der Waals surface area contributed by atoms with Gasteiger partial charge >= 0.3 is 5.97 Å². The first-order valence-corrected chi connectivity index (χ1v) is 8.33. The van der Waals surface area contributed by atoms with Crippen molar-refractivity contribution in [3.63, 3.8) is 0 Å². The van der Waals surface area contributed by atoms with Gasteiger partial charge in [0.1, 0.15) is 6.54 Å². The van der Waals surface area contributed by atoms with Crippen molar-refractivity contribution < 1.29 is 19.5 Å². The van der Waals surface area contributed by atoms with E-state index in [0.717, 1.165) is 12.8 Å². The van der Waals surface area contributed by atoms with Gasteiger partial charge in [-0.25, -0.2) is 0 Å². The van der Waals surface area contributed by atoms with E-state index in [1.54, 1.807) is 0 Å². The molecular formula is C16H26N2O4. The van der Waals surface area contributed by atoms with E-state index in [0.29, 0.717) is 25.2 Å². The fourth-order valence-electron chi connectivity index (χ4n) is 3.57. The molecule has 0 unspecified atom stereocenters. The number of rotatable bonds is 6. The van der Waals surface area contributed by atoms with E-state index in [4.69, 9.17) is 5.11 Å². The Kier molecular flexibility index (Phi) is 6.21. The number of aliphatic carboxylic acids is 1. The number of nitrogens with one attached hydrogen (secondary N) is 2. The first-order chi connectivity index (χ1) is 10.5. The van der Waals surface area contributed by atoms with Crippen LogP contribution in [-0.4, -0.2) is 35.5 Å². The molecule has 22 heavy (non-hydrogen) atoms. The van der Waals surface area contributed by atoms with Crippen molar-refractivity contribution in [2.75, 3.05) is 6.54 Å². The first kappa shape index (κ1) is 16.8. The molecule has 0 spiro atoms. The summed E-state index contributed by atoms with van der Waals surface area (Å²) in [6.07, 6.45) is 8.47. The van der Waals surface area contributed by atoms with Crippen LogP contribution < -0.4 is 10.6 Å². The van der Waals surface area contributed by atoms with E-state index in [1.165, 1.54) is 25.7 Å². The third-order valence-corrected chi connectivity index (χ3v) is 4.83. The van der Waals surface area contributed by atoms with Crippen LogP contribution in [0.4, 0.5) is 0 Å². The zero-order chi connectivity index (χ0) is 15.9. The van der Waals surface area contributed by atoms with Gasteiger partial charge in [0.25, 0.3) is 0 Å². The molecule has 0 radical (unpaired) electrons. The lowest BCUT2D eigenvalue weighted by atomic mass is 9.85. The Balaban J connectivity index is 1.64. The van der Waals surface area contributed by atoms with Crippen LogP contribution in [0.1, 0.15) is 57.8 Å². The van der Waals surface area contributed by atoms with Gasteiger partial charge < -0.3 is 15.7 Å². The maximum Gasteiger partial charge on any atom is 0.322 e. The number of carboxylic acids is 1. The Bertz CT molecular complexity index is 410. The Labute approximate surface area is 131 Å². The van der Waals surface area contributed by atoms with Gasteiger partial charge in [0, 0.05) is 18.4 Å². The fourth-order valence-corrected chi connectivity index (χ4v) is 3.57. The predicted molar refractivity (Wildman–Crippen MR) is 81.1 cm³/mol. The molecule has 2 rings (SSSR count). The van der Waals surface area contributed by atoms with Gasteiger partial charge in [-0.15, -0.1) is 0 Å². The van der Waals surface area contributed by atoms with Crippen molar-refractivity contribution in [2.24, 2.45) is 11.8 Å². The third-order valence-electron chi connectivity index (χ3n) is 4.83. The summed E-state index contributed by atoms with van der Waals surface area (Å²) in [6.45, 7) is -0.323. The summed E-state index contributed by atoms with van der Waals surface area (Å²) < 4.78 is 0. The monoisotopic (exact) mass is 310 g/mol. The molecule has 2 saturated carbocycles. The van der Waals surface area contributed by atoms with Gasteiger partial charge in [0.15, 0.2) is 0 Å². The highest BCUT2D eigenvalue weighted by Gasteiger charge is 2.28. The molecule has 0 bridgehead atoms. The Morgan fingerprint density at radius 3 is 2.18 bits per heavy atom. The quantitative estimate of drug-likeness (QED) is 0.692. The van der Waals surface area contributed by atoms with Gasteiger partial charge in [0.2, 0.25) is 11.8 Å². The number of carboxylic acid groups (broad SMARTS) is 1. The molecule has 2 aliphatic rings. The third kappa shape index (κ3) is 5.31. The molecule has 6 heteroatoms. The predicted octanol–water partition coefficient (Wildman–Crippen LogP) is 1.44. The van der Waals surface area contributed by atoms with Gasteiger partial charge in [0.05, 0.1) is 0 Å². The van der Waals surface area contributed by atoms with Crippen LogP contribution in [0.5, 0.6) is 0 Å². The number of carbonyl (C=O) groups excluding carboxylic acids is 2. The van der Waals surface area contributed by atoms with Crippen LogP contribution in [0, 0.1) is 11.8 Å². The summed E-state index contributed by atoms with van der Waals surface area (Å²) in [5.74, 6) is -0.634. The molecule has 6 nitrogen and oxygen atoms in total. The maximum atomic E-state index is 12.0. The molecule has 2 fully saturated rings. The Morgan fingerprint density at radius 1 is 0.955 bits per heavy atom. The fraction of sp³-hybridized carbons (Fsp3) is 0.812. The molecule has 0 heterocycles. The minimum absolute atomic E-state index is 0.123. The summed E-state index contributed by atoms with van der Waals surface area (Å²) in [5, 5.41) is 14.1. The van der Waals surface area contributed by atoms with Crippen molar-refractivity contribution >= 4 is 17.8 Å². The van der Waals surface area contributed by atoms with Gasteiger partial charge in [-0.3, -0.25) is 14.4 Å². The number of hydrogen-bond acceptors (Lipinski definition) is 3. The topological polar surface area (TPSA) is 95.5 Å².